The molecular formula is C11H11ClFN3. The first-order valence-corrected chi connectivity index (χ1v) is 5.42. The van der Waals surface area contributed by atoms with Gasteiger partial charge in [0.25, 0.3) is 0 Å². The number of aryl methyl sites for hydroxylation is 1. The number of alkyl halides is 1. The molecule has 0 fully saturated rings. The van der Waals surface area contributed by atoms with Gasteiger partial charge < -0.3 is 0 Å². The normalized spacial score (nSPS) is 10.7. The molecule has 0 amide bonds. The van der Waals surface area contributed by atoms with E-state index in [1.807, 2.05) is 6.92 Å². The molecule has 0 saturated carbocycles. The summed E-state index contributed by atoms with van der Waals surface area (Å²) in [4.78, 5) is 0. The maximum Gasteiger partial charge on any atom is 0.123 e. The minimum atomic E-state index is -0.221. The lowest BCUT2D eigenvalue weighted by molar-refractivity contribution is 0.619. The number of aromatic nitrogens is 3. The van der Waals surface area contributed by atoms with Crippen molar-refractivity contribution in [2.45, 2.75) is 19.3 Å². The zero-order valence-electron chi connectivity index (χ0n) is 8.82. The Hall–Kier alpha value is -1.42. The molecule has 1 aromatic heterocycles. The highest BCUT2D eigenvalue weighted by Gasteiger charge is 2.03. The lowest BCUT2D eigenvalue weighted by atomic mass is 10.1. The molecular weight excluding hydrogens is 229 g/mol. The first kappa shape index (κ1) is 11.1. The van der Waals surface area contributed by atoms with Gasteiger partial charge in [0.05, 0.1) is 24.3 Å². The zero-order valence-corrected chi connectivity index (χ0v) is 9.58. The molecule has 5 heteroatoms. The van der Waals surface area contributed by atoms with E-state index in [1.54, 1.807) is 16.9 Å². The van der Waals surface area contributed by atoms with Gasteiger partial charge in [-0.25, -0.2) is 9.07 Å². The molecule has 0 aliphatic carbocycles. The van der Waals surface area contributed by atoms with E-state index in [1.165, 1.54) is 12.1 Å². The van der Waals surface area contributed by atoms with Crippen molar-refractivity contribution in [3.8, 4) is 0 Å². The average Bonchev–Trinajstić information content (AvgIpc) is 2.70. The fourth-order valence-electron chi connectivity index (χ4n) is 1.49. The van der Waals surface area contributed by atoms with Crippen molar-refractivity contribution in [1.82, 2.24) is 15.0 Å². The van der Waals surface area contributed by atoms with E-state index < -0.39 is 0 Å². The lowest BCUT2D eigenvalue weighted by Crippen LogP contribution is -2.02. The van der Waals surface area contributed by atoms with Crippen molar-refractivity contribution >= 4 is 11.6 Å². The largest absolute Gasteiger partial charge is 0.248 e. The van der Waals surface area contributed by atoms with Crippen molar-refractivity contribution in [3.05, 3.63) is 47.0 Å². The van der Waals surface area contributed by atoms with Gasteiger partial charge >= 0.3 is 0 Å². The average molecular weight is 240 g/mol. The van der Waals surface area contributed by atoms with Gasteiger partial charge in [0.2, 0.25) is 0 Å². The summed E-state index contributed by atoms with van der Waals surface area (Å²) in [5.74, 6) is 0.129. The Kier molecular flexibility index (Phi) is 3.19. The standard InChI is InChI=1S/C11H11ClFN3/c1-8-4-10(13)3-2-9(8)6-16-7-11(5-12)14-15-16/h2-4,7H,5-6H2,1H3. The van der Waals surface area contributed by atoms with Crippen LogP contribution < -0.4 is 0 Å². The van der Waals surface area contributed by atoms with Crippen molar-refractivity contribution in [2.24, 2.45) is 0 Å². The molecule has 0 spiro atoms. The second-order valence-electron chi connectivity index (χ2n) is 3.61. The summed E-state index contributed by atoms with van der Waals surface area (Å²) in [6.45, 7) is 2.45. The fourth-order valence-corrected chi connectivity index (χ4v) is 1.61. The molecule has 2 rings (SSSR count). The highest BCUT2D eigenvalue weighted by atomic mass is 35.5. The molecule has 0 saturated heterocycles. The predicted octanol–water partition coefficient (Wildman–Crippen LogP) is 2.51. The van der Waals surface area contributed by atoms with Gasteiger partial charge in [-0.2, -0.15) is 0 Å². The van der Waals surface area contributed by atoms with Crippen LogP contribution in [-0.4, -0.2) is 15.0 Å². The zero-order chi connectivity index (χ0) is 11.5. The number of benzene rings is 1. The molecule has 2 aromatic rings. The molecule has 0 bridgehead atoms. The van der Waals surface area contributed by atoms with Crippen molar-refractivity contribution in [3.63, 3.8) is 0 Å². The first-order chi connectivity index (χ1) is 7.69. The van der Waals surface area contributed by atoms with Gasteiger partial charge in [-0.05, 0) is 30.2 Å². The highest BCUT2D eigenvalue weighted by molar-refractivity contribution is 6.16. The topological polar surface area (TPSA) is 30.7 Å². The summed E-state index contributed by atoms with van der Waals surface area (Å²) >= 11 is 5.63. The molecule has 84 valence electrons. The van der Waals surface area contributed by atoms with E-state index in [-0.39, 0.29) is 5.82 Å². The van der Waals surface area contributed by atoms with E-state index in [2.05, 4.69) is 10.3 Å². The molecule has 1 heterocycles. The minimum Gasteiger partial charge on any atom is -0.248 e. The third-order valence-corrected chi connectivity index (χ3v) is 2.63. The quantitative estimate of drug-likeness (QED) is 0.771. The van der Waals surface area contributed by atoms with E-state index >= 15 is 0 Å². The van der Waals surface area contributed by atoms with Crippen molar-refractivity contribution in [2.75, 3.05) is 0 Å². The van der Waals surface area contributed by atoms with E-state index in [4.69, 9.17) is 11.6 Å². The maximum absolute atomic E-state index is 12.9. The van der Waals surface area contributed by atoms with Gasteiger partial charge in [-0.15, -0.1) is 16.7 Å². The van der Waals surface area contributed by atoms with Gasteiger partial charge in [-0.3, -0.25) is 0 Å². The Morgan fingerprint density at radius 3 is 2.88 bits per heavy atom. The van der Waals surface area contributed by atoms with Crippen LogP contribution in [0, 0.1) is 12.7 Å². The van der Waals surface area contributed by atoms with Crippen LogP contribution >= 0.6 is 11.6 Å². The number of halogens is 2. The van der Waals surface area contributed by atoms with Crippen LogP contribution in [-0.2, 0) is 12.4 Å². The van der Waals surface area contributed by atoms with Crippen molar-refractivity contribution in [1.29, 1.82) is 0 Å². The van der Waals surface area contributed by atoms with Crippen LogP contribution in [0.15, 0.2) is 24.4 Å². The fraction of sp³-hybridized carbons (Fsp3) is 0.273. The highest BCUT2D eigenvalue weighted by Crippen LogP contribution is 2.11. The van der Waals surface area contributed by atoms with Gasteiger partial charge in [0.15, 0.2) is 0 Å². The second-order valence-corrected chi connectivity index (χ2v) is 3.88. The molecule has 0 N–H and O–H groups in total. The minimum absolute atomic E-state index is 0.221. The van der Waals surface area contributed by atoms with Gasteiger partial charge in [0.1, 0.15) is 5.82 Å². The number of nitrogens with zero attached hydrogens (tertiary/aromatic N) is 3. The summed E-state index contributed by atoms with van der Waals surface area (Å²) in [5.41, 5.74) is 2.66. The molecule has 0 aliphatic rings. The monoisotopic (exact) mass is 239 g/mol. The van der Waals surface area contributed by atoms with E-state index in [9.17, 15) is 4.39 Å². The van der Waals surface area contributed by atoms with Crippen LogP contribution in [0.5, 0.6) is 0 Å². The Bertz CT molecular complexity index is 496. The number of hydrogen-bond donors (Lipinski definition) is 0. The SMILES string of the molecule is Cc1cc(F)ccc1Cn1cc(CCl)nn1. The Balaban J connectivity index is 2.20. The number of rotatable bonds is 3. The first-order valence-electron chi connectivity index (χ1n) is 4.89. The molecule has 0 aliphatic heterocycles. The van der Waals surface area contributed by atoms with Crippen LogP contribution in [0.1, 0.15) is 16.8 Å². The summed E-state index contributed by atoms with van der Waals surface area (Å²) in [6, 6.07) is 4.71. The Morgan fingerprint density at radius 1 is 1.44 bits per heavy atom. The molecule has 16 heavy (non-hydrogen) atoms. The van der Waals surface area contributed by atoms with Crippen LogP contribution in [0.4, 0.5) is 4.39 Å². The summed E-state index contributed by atoms with van der Waals surface area (Å²) in [7, 11) is 0. The second kappa shape index (κ2) is 4.61. The molecule has 0 atom stereocenters. The van der Waals surface area contributed by atoms with Crippen molar-refractivity contribution < 1.29 is 4.39 Å². The van der Waals surface area contributed by atoms with E-state index in [0.717, 1.165) is 16.8 Å². The number of hydrogen-bond acceptors (Lipinski definition) is 2. The van der Waals surface area contributed by atoms with Crippen LogP contribution in [0.2, 0.25) is 0 Å². The Labute approximate surface area is 97.8 Å². The maximum atomic E-state index is 12.9. The summed E-state index contributed by atoms with van der Waals surface area (Å²) < 4.78 is 14.6. The molecule has 1 aromatic carbocycles. The molecule has 3 nitrogen and oxygen atoms in total. The Morgan fingerprint density at radius 2 is 2.25 bits per heavy atom. The summed E-state index contributed by atoms with van der Waals surface area (Å²) in [5, 5.41) is 7.82. The van der Waals surface area contributed by atoms with Gasteiger partial charge in [-0.1, -0.05) is 11.3 Å². The predicted molar refractivity (Wildman–Crippen MR) is 59.8 cm³/mol. The van der Waals surface area contributed by atoms with Crippen LogP contribution in [0.25, 0.3) is 0 Å². The molecule has 0 radical (unpaired) electrons. The van der Waals surface area contributed by atoms with Gasteiger partial charge in [0, 0.05) is 0 Å². The van der Waals surface area contributed by atoms with Crippen LogP contribution in [0.3, 0.4) is 0 Å². The smallest absolute Gasteiger partial charge is 0.123 e. The van der Waals surface area contributed by atoms with E-state index in [0.29, 0.717) is 12.4 Å². The lowest BCUT2D eigenvalue weighted by Gasteiger charge is -2.04. The molecule has 0 unspecified atom stereocenters. The summed E-state index contributed by atoms with van der Waals surface area (Å²) in [6.07, 6.45) is 1.79. The third-order valence-electron chi connectivity index (χ3n) is 2.36. The third kappa shape index (κ3) is 2.39.